The van der Waals surface area contributed by atoms with Crippen molar-refractivity contribution in [2.75, 3.05) is 11.1 Å². The van der Waals surface area contributed by atoms with Crippen molar-refractivity contribution in [2.24, 2.45) is 0 Å². The van der Waals surface area contributed by atoms with E-state index in [0.717, 1.165) is 49.1 Å². The molecule has 0 unspecified atom stereocenters. The molecule has 5 aromatic rings. The maximum atomic E-state index is 6.34. The van der Waals surface area contributed by atoms with Gasteiger partial charge < -0.3 is 11.1 Å². The van der Waals surface area contributed by atoms with Crippen LogP contribution in [0.25, 0.3) is 32.7 Å². The summed E-state index contributed by atoms with van der Waals surface area (Å²) >= 11 is 1.62. The molecule has 1 aromatic carbocycles. The number of aromatic nitrogens is 5. The largest absolute Gasteiger partial charge is 0.383 e. The molecule has 4 heterocycles. The van der Waals surface area contributed by atoms with Gasteiger partial charge in [0.15, 0.2) is 5.01 Å². The molecule has 6 rings (SSSR count). The summed E-state index contributed by atoms with van der Waals surface area (Å²) in [6.07, 6.45) is 10.4. The van der Waals surface area contributed by atoms with Crippen molar-refractivity contribution in [3.8, 4) is 21.7 Å². The first kappa shape index (κ1) is 23.1. The first-order chi connectivity index (χ1) is 16.7. The number of nitrogens with zero attached hydrogens (tertiary/aromatic N) is 5. The summed E-state index contributed by atoms with van der Waals surface area (Å²) in [5.41, 5.74) is 12.5. The second kappa shape index (κ2) is 9.93. The molecule has 3 N–H and O–H groups in total. The fourth-order valence-corrected chi connectivity index (χ4v) is 5.49. The molecule has 0 atom stereocenters. The van der Waals surface area contributed by atoms with Crippen molar-refractivity contribution in [3.05, 3.63) is 72.1 Å². The van der Waals surface area contributed by atoms with E-state index in [1.807, 2.05) is 36.5 Å². The topological polar surface area (TPSA) is 102 Å². The Kier molecular flexibility index (Phi) is 6.57. The number of anilines is 3. The molecule has 0 saturated heterocycles. The summed E-state index contributed by atoms with van der Waals surface area (Å²) < 4.78 is 0. The quantitative estimate of drug-likeness (QED) is 0.279. The molecule has 1 aliphatic rings. The minimum absolute atomic E-state index is 0. The third-order valence-electron chi connectivity index (χ3n) is 6.20. The Bertz CT molecular complexity index is 1470. The van der Waals surface area contributed by atoms with E-state index >= 15 is 0 Å². The van der Waals surface area contributed by atoms with Crippen LogP contribution >= 0.6 is 23.7 Å². The van der Waals surface area contributed by atoms with Crippen LogP contribution in [0.5, 0.6) is 0 Å². The second-order valence-electron chi connectivity index (χ2n) is 8.56. The van der Waals surface area contributed by atoms with Crippen molar-refractivity contribution < 1.29 is 0 Å². The van der Waals surface area contributed by atoms with Crippen molar-refractivity contribution in [1.29, 1.82) is 0 Å². The molecule has 1 fully saturated rings. The predicted octanol–water partition coefficient (Wildman–Crippen LogP) is 6.62. The summed E-state index contributed by atoms with van der Waals surface area (Å²) in [6.45, 7) is 0. The summed E-state index contributed by atoms with van der Waals surface area (Å²) in [5.74, 6) is 0.968. The molecule has 7 nitrogen and oxygen atoms in total. The average Bonchev–Trinajstić information content (AvgIpc) is 3.57. The first-order valence-electron chi connectivity index (χ1n) is 11.4. The Hall–Kier alpha value is -3.62. The first-order valence-corrected chi connectivity index (χ1v) is 12.2. The minimum Gasteiger partial charge on any atom is -0.383 e. The standard InChI is InChI=1S/C26H23N7S.ClH/c27-24-21(26-33-32-25(34-26)17-8-4-5-9-17)12-22-23(31-24)11-20(15-29-22)30-19-10-18(13-28-14-19)16-6-2-1-3-7-16;/h1-3,6-7,10-15,17,30H,4-5,8-9H2,(H2,27,31);1H. The zero-order valence-electron chi connectivity index (χ0n) is 18.9. The van der Waals surface area contributed by atoms with Crippen molar-refractivity contribution in [3.63, 3.8) is 0 Å². The monoisotopic (exact) mass is 501 g/mol. The van der Waals surface area contributed by atoms with Gasteiger partial charge in [-0.2, -0.15) is 0 Å². The number of fused-ring (bicyclic) bond motifs is 1. The lowest BCUT2D eigenvalue weighted by Crippen LogP contribution is -1.98. The smallest absolute Gasteiger partial charge is 0.151 e. The van der Waals surface area contributed by atoms with Gasteiger partial charge in [-0.3, -0.25) is 9.97 Å². The highest BCUT2D eigenvalue weighted by Gasteiger charge is 2.22. The van der Waals surface area contributed by atoms with E-state index in [4.69, 9.17) is 5.73 Å². The van der Waals surface area contributed by atoms with Crippen LogP contribution in [-0.2, 0) is 0 Å². The number of benzene rings is 1. The number of hydrogen-bond donors (Lipinski definition) is 2. The van der Waals surface area contributed by atoms with Crippen LogP contribution < -0.4 is 11.1 Å². The number of halogens is 1. The zero-order chi connectivity index (χ0) is 22.9. The van der Waals surface area contributed by atoms with Gasteiger partial charge in [0, 0.05) is 17.7 Å². The van der Waals surface area contributed by atoms with E-state index in [2.05, 4.69) is 48.7 Å². The van der Waals surface area contributed by atoms with Crippen LogP contribution in [0.15, 0.2) is 67.1 Å². The van der Waals surface area contributed by atoms with E-state index in [-0.39, 0.29) is 12.4 Å². The second-order valence-corrected chi connectivity index (χ2v) is 9.57. The van der Waals surface area contributed by atoms with Crippen molar-refractivity contribution in [1.82, 2.24) is 25.1 Å². The average molecular weight is 502 g/mol. The summed E-state index contributed by atoms with van der Waals surface area (Å²) in [6, 6.07) is 16.1. The lowest BCUT2D eigenvalue weighted by atomic mass is 10.1. The fourth-order valence-electron chi connectivity index (χ4n) is 4.45. The maximum absolute atomic E-state index is 6.34. The van der Waals surface area contributed by atoms with Crippen LogP contribution in [0.2, 0.25) is 0 Å². The third kappa shape index (κ3) is 4.80. The molecule has 0 amide bonds. The van der Waals surface area contributed by atoms with Crippen molar-refractivity contribution in [2.45, 2.75) is 31.6 Å². The molecule has 176 valence electrons. The van der Waals surface area contributed by atoms with Crippen LogP contribution in [0, 0.1) is 0 Å². The minimum atomic E-state index is 0. The van der Waals surface area contributed by atoms with Gasteiger partial charge in [-0.05, 0) is 36.6 Å². The molecular formula is C26H24ClN7S. The Balaban J connectivity index is 0.00000253. The molecule has 1 aliphatic carbocycles. The van der Waals surface area contributed by atoms with Crippen molar-refractivity contribution >= 4 is 52.0 Å². The highest BCUT2D eigenvalue weighted by atomic mass is 35.5. The normalized spacial score (nSPS) is 13.6. The van der Waals surface area contributed by atoms with Crippen LogP contribution in [0.4, 0.5) is 17.2 Å². The van der Waals surface area contributed by atoms with Crippen LogP contribution in [0.1, 0.15) is 36.6 Å². The Morgan fingerprint density at radius 1 is 0.857 bits per heavy atom. The van der Waals surface area contributed by atoms with Crippen LogP contribution in [0.3, 0.4) is 0 Å². The number of rotatable bonds is 5. The van der Waals surface area contributed by atoms with E-state index in [9.17, 15) is 0 Å². The summed E-state index contributed by atoms with van der Waals surface area (Å²) in [7, 11) is 0. The van der Waals surface area contributed by atoms with E-state index in [1.165, 1.54) is 25.7 Å². The SMILES string of the molecule is Cl.Nc1nc2cc(Nc3cncc(-c4ccccc4)c3)cnc2cc1-c1nnc(C2CCCC2)s1. The van der Waals surface area contributed by atoms with E-state index in [0.29, 0.717) is 11.7 Å². The number of pyridine rings is 3. The maximum Gasteiger partial charge on any atom is 0.151 e. The number of nitrogen functional groups attached to an aromatic ring is 1. The summed E-state index contributed by atoms with van der Waals surface area (Å²) in [4.78, 5) is 13.6. The third-order valence-corrected chi connectivity index (χ3v) is 7.32. The lowest BCUT2D eigenvalue weighted by Gasteiger charge is -2.10. The lowest BCUT2D eigenvalue weighted by molar-refractivity contribution is 0.705. The molecule has 1 saturated carbocycles. The number of nitrogens with two attached hydrogens (primary N) is 1. The summed E-state index contributed by atoms with van der Waals surface area (Å²) in [5, 5.41) is 14.1. The number of hydrogen-bond acceptors (Lipinski definition) is 8. The van der Waals surface area contributed by atoms with Gasteiger partial charge in [0.25, 0.3) is 0 Å². The van der Waals surface area contributed by atoms with Gasteiger partial charge in [-0.25, -0.2) is 4.98 Å². The zero-order valence-corrected chi connectivity index (χ0v) is 20.5. The Labute approximate surface area is 213 Å². The van der Waals surface area contributed by atoms with E-state index in [1.54, 1.807) is 23.7 Å². The number of nitrogens with one attached hydrogen (secondary N) is 1. The van der Waals surface area contributed by atoms with E-state index < -0.39 is 0 Å². The molecule has 0 radical (unpaired) electrons. The van der Waals surface area contributed by atoms with Gasteiger partial charge in [0.2, 0.25) is 0 Å². The molecule has 35 heavy (non-hydrogen) atoms. The molecule has 0 spiro atoms. The van der Waals surface area contributed by atoms with Crippen LogP contribution in [-0.4, -0.2) is 25.1 Å². The van der Waals surface area contributed by atoms with Gasteiger partial charge in [-0.15, -0.1) is 22.6 Å². The van der Waals surface area contributed by atoms with Gasteiger partial charge >= 0.3 is 0 Å². The predicted molar refractivity (Wildman–Crippen MR) is 144 cm³/mol. The fraction of sp³-hybridized carbons (Fsp3) is 0.192. The highest BCUT2D eigenvalue weighted by molar-refractivity contribution is 7.14. The van der Waals surface area contributed by atoms with Gasteiger partial charge in [-0.1, -0.05) is 54.5 Å². The molecule has 0 bridgehead atoms. The molecular weight excluding hydrogens is 478 g/mol. The van der Waals surface area contributed by atoms with Gasteiger partial charge in [0.1, 0.15) is 10.8 Å². The molecule has 0 aliphatic heterocycles. The Morgan fingerprint density at radius 3 is 2.49 bits per heavy atom. The Morgan fingerprint density at radius 2 is 1.66 bits per heavy atom. The molecule has 4 aromatic heterocycles. The highest BCUT2D eigenvalue weighted by Crippen LogP contribution is 2.39. The van der Waals surface area contributed by atoms with Gasteiger partial charge in [0.05, 0.1) is 40.4 Å². The molecule has 9 heteroatoms.